The number of halogens is 1. The summed E-state index contributed by atoms with van der Waals surface area (Å²) in [6, 6.07) is 6.29. The molecular weight excluding hydrogens is 252 g/mol. The van der Waals surface area contributed by atoms with Crippen LogP contribution in [0.15, 0.2) is 24.3 Å². The Morgan fingerprint density at radius 2 is 1.72 bits per heavy atom. The van der Waals surface area contributed by atoms with Gasteiger partial charge < -0.3 is 0 Å². The van der Waals surface area contributed by atoms with E-state index in [0.717, 1.165) is 5.56 Å². The van der Waals surface area contributed by atoms with Gasteiger partial charge in [0.05, 0.1) is 5.54 Å². The number of carbonyl (C=O) groups excluding carboxylic acids is 2. The first-order valence-corrected chi connectivity index (χ1v) is 6.08. The molecule has 1 aliphatic heterocycles. The summed E-state index contributed by atoms with van der Waals surface area (Å²) >= 11 is 5.80. The van der Waals surface area contributed by atoms with Gasteiger partial charge in [0.2, 0.25) is 5.78 Å². The first-order valence-electron chi connectivity index (χ1n) is 5.71. The van der Waals surface area contributed by atoms with Crippen LogP contribution < -0.4 is 5.43 Å². The summed E-state index contributed by atoms with van der Waals surface area (Å²) in [5.74, 6) is -0.935. The third kappa shape index (κ3) is 2.26. The van der Waals surface area contributed by atoms with E-state index in [-0.39, 0.29) is 0 Å². The molecule has 18 heavy (non-hydrogen) atoms. The van der Waals surface area contributed by atoms with Crippen molar-refractivity contribution in [2.24, 2.45) is 0 Å². The molecule has 1 amide bonds. The summed E-state index contributed by atoms with van der Waals surface area (Å²) in [5, 5.41) is 1.98. The van der Waals surface area contributed by atoms with Gasteiger partial charge in [0, 0.05) is 5.02 Å². The van der Waals surface area contributed by atoms with Gasteiger partial charge in [-0.05, 0) is 38.5 Å². The van der Waals surface area contributed by atoms with Crippen LogP contribution in [0.2, 0.25) is 5.02 Å². The zero-order valence-corrected chi connectivity index (χ0v) is 11.3. The summed E-state index contributed by atoms with van der Waals surface area (Å²) < 4.78 is 0. The van der Waals surface area contributed by atoms with Crippen LogP contribution in [0.3, 0.4) is 0 Å². The molecule has 1 saturated heterocycles. The summed E-state index contributed by atoms with van der Waals surface area (Å²) in [6.45, 7) is 5.61. The van der Waals surface area contributed by atoms with E-state index in [9.17, 15) is 9.59 Å². The normalized spacial score (nSPS) is 20.7. The van der Waals surface area contributed by atoms with Gasteiger partial charge in [-0.1, -0.05) is 23.7 Å². The van der Waals surface area contributed by atoms with E-state index >= 15 is 0 Å². The molecule has 0 aliphatic carbocycles. The van der Waals surface area contributed by atoms with Crippen LogP contribution >= 0.6 is 11.6 Å². The molecule has 1 aromatic carbocycles. The Labute approximate surface area is 111 Å². The van der Waals surface area contributed by atoms with Crippen LogP contribution in [0.4, 0.5) is 0 Å². The maximum Gasteiger partial charge on any atom is 0.306 e. The standard InChI is InChI=1S/C13H15ClN2O2/c1-13(2,3)16-12(18)11(17)10(15-16)8-4-6-9(14)7-5-8/h4-7,10,15H,1-3H3. The predicted octanol–water partition coefficient (Wildman–Crippen LogP) is 2.10. The minimum Gasteiger partial charge on any atom is -0.286 e. The predicted molar refractivity (Wildman–Crippen MR) is 68.9 cm³/mol. The van der Waals surface area contributed by atoms with Crippen molar-refractivity contribution in [3.63, 3.8) is 0 Å². The van der Waals surface area contributed by atoms with Gasteiger partial charge >= 0.3 is 5.91 Å². The van der Waals surface area contributed by atoms with E-state index < -0.39 is 23.3 Å². The monoisotopic (exact) mass is 266 g/mol. The molecule has 1 N–H and O–H groups in total. The van der Waals surface area contributed by atoms with E-state index in [1.54, 1.807) is 24.3 Å². The molecule has 0 bridgehead atoms. The number of carbonyl (C=O) groups is 2. The largest absolute Gasteiger partial charge is 0.306 e. The Morgan fingerprint density at radius 1 is 1.17 bits per heavy atom. The van der Waals surface area contributed by atoms with Crippen molar-refractivity contribution in [3.8, 4) is 0 Å². The van der Waals surface area contributed by atoms with Crippen molar-refractivity contribution in [3.05, 3.63) is 34.9 Å². The van der Waals surface area contributed by atoms with Gasteiger partial charge in [-0.25, -0.2) is 5.43 Å². The summed E-state index contributed by atoms with van der Waals surface area (Å²) in [5.41, 5.74) is 3.26. The van der Waals surface area contributed by atoms with E-state index in [0.29, 0.717) is 5.02 Å². The van der Waals surface area contributed by atoms with Crippen LogP contribution in [0.1, 0.15) is 32.4 Å². The van der Waals surface area contributed by atoms with Gasteiger partial charge in [0.15, 0.2) is 0 Å². The lowest BCUT2D eigenvalue weighted by molar-refractivity contribution is -0.143. The average molecular weight is 267 g/mol. The number of Topliss-reactive ketones (excluding diaryl/α,β-unsaturated/α-hetero) is 1. The summed E-state index contributed by atoms with van der Waals surface area (Å²) in [6.07, 6.45) is 0. The Morgan fingerprint density at radius 3 is 2.17 bits per heavy atom. The van der Waals surface area contributed by atoms with Crippen molar-refractivity contribution in [2.45, 2.75) is 32.4 Å². The number of rotatable bonds is 1. The molecule has 1 unspecified atom stereocenters. The SMILES string of the molecule is CC(C)(C)N1NC(c2ccc(Cl)cc2)C(=O)C1=O. The quantitative estimate of drug-likeness (QED) is 0.792. The van der Waals surface area contributed by atoms with Gasteiger partial charge in [-0.3, -0.25) is 14.6 Å². The van der Waals surface area contributed by atoms with Crippen molar-refractivity contribution in [2.75, 3.05) is 0 Å². The molecule has 1 atom stereocenters. The van der Waals surface area contributed by atoms with Crippen LogP contribution in [0.25, 0.3) is 0 Å². The molecule has 1 fully saturated rings. The Bertz CT molecular complexity index is 491. The lowest BCUT2D eigenvalue weighted by atomic mass is 10.0. The maximum atomic E-state index is 12.0. The second-order valence-electron chi connectivity index (χ2n) is 5.29. The number of ketones is 1. The fourth-order valence-electron chi connectivity index (χ4n) is 1.86. The number of hydrogen-bond acceptors (Lipinski definition) is 3. The van der Waals surface area contributed by atoms with Crippen molar-refractivity contribution in [1.29, 1.82) is 0 Å². The zero-order chi connectivity index (χ0) is 13.5. The second-order valence-corrected chi connectivity index (χ2v) is 5.73. The molecule has 2 rings (SSSR count). The Kier molecular flexibility index (Phi) is 3.17. The van der Waals surface area contributed by atoms with Crippen LogP contribution in [0.5, 0.6) is 0 Å². The highest BCUT2D eigenvalue weighted by atomic mass is 35.5. The Hall–Kier alpha value is -1.39. The molecular formula is C13H15ClN2O2. The fourth-order valence-corrected chi connectivity index (χ4v) is 1.99. The lowest BCUT2D eigenvalue weighted by Crippen LogP contribution is -2.49. The van der Waals surface area contributed by atoms with E-state index in [1.165, 1.54) is 5.01 Å². The molecule has 0 radical (unpaired) electrons. The molecule has 4 nitrogen and oxygen atoms in total. The number of amides is 1. The molecule has 5 heteroatoms. The molecule has 1 aromatic rings. The van der Waals surface area contributed by atoms with Crippen LogP contribution in [0, 0.1) is 0 Å². The first-order chi connectivity index (χ1) is 8.30. The van der Waals surface area contributed by atoms with Crippen molar-refractivity contribution in [1.82, 2.24) is 10.4 Å². The van der Waals surface area contributed by atoms with E-state index in [4.69, 9.17) is 11.6 Å². The highest BCUT2D eigenvalue weighted by Gasteiger charge is 2.43. The third-order valence-electron chi connectivity index (χ3n) is 2.81. The van der Waals surface area contributed by atoms with Crippen LogP contribution in [-0.4, -0.2) is 22.2 Å². The van der Waals surface area contributed by atoms with E-state index in [1.807, 2.05) is 20.8 Å². The summed E-state index contributed by atoms with van der Waals surface area (Å²) in [7, 11) is 0. The zero-order valence-electron chi connectivity index (χ0n) is 10.5. The highest BCUT2D eigenvalue weighted by molar-refractivity contribution is 6.39. The first kappa shape index (κ1) is 13.1. The molecule has 1 heterocycles. The van der Waals surface area contributed by atoms with Crippen LogP contribution in [-0.2, 0) is 9.59 Å². The highest BCUT2D eigenvalue weighted by Crippen LogP contribution is 2.26. The minimum atomic E-state index is -0.617. The third-order valence-corrected chi connectivity index (χ3v) is 3.06. The number of hydrazine groups is 1. The molecule has 0 spiro atoms. The van der Waals surface area contributed by atoms with Gasteiger partial charge in [-0.2, -0.15) is 0 Å². The fraction of sp³-hybridized carbons (Fsp3) is 0.385. The van der Waals surface area contributed by atoms with Gasteiger partial charge in [0.1, 0.15) is 6.04 Å². The topological polar surface area (TPSA) is 49.4 Å². The summed E-state index contributed by atoms with van der Waals surface area (Å²) in [4.78, 5) is 23.9. The number of benzene rings is 1. The molecule has 1 aliphatic rings. The van der Waals surface area contributed by atoms with E-state index in [2.05, 4.69) is 5.43 Å². The lowest BCUT2D eigenvalue weighted by Gasteiger charge is -2.31. The maximum absolute atomic E-state index is 12.0. The number of hydrogen-bond donors (Lipinski definition) is 1. The van der Waals surface area contributed by atoms with Crippen molar-refractivity contribution >= 4 is 23.3 Å². The Balaban J connectivity index is 2.29. The minimum absolute atomic E-state index is 0.437. The number of nitrogens with zero attached hydrogens (tertiary/aromatic N) is 1. The molecule has 0 saturated carbocycles. The molecule has 96 valence electrons. The van der Waals surface area contributed by atoms with Crippen molar-refractivity contribution < 1.29 is 9.59 Å². The second kappa shape index (κ2) is 4.37. The van der Waals surface area contributed by atoms with Gasteiger partial charge in [-0.15, -0.1) is 0 Å². The number of nitrogens with one attached hydrogen (secondary N) is 1. The molecule has 0 aromatic heterocycles. The average Bonchev–Trinajstić information content (AvgIpc) is 2.57. The van der Waals surface area contributed by atoms with Gasteiger partial charge in [0.25, 0.3) is 0 Å². The smallest absolute Gasteiger partial charge is 0.286 e.